The number of ether oxygens (including phenoxy) is 1. The third kappa shape index (κ3) is 9.50. The van der Waals surface area contributed by atoms with E-state index in [1.165, 1.54) is 24.4 Å². The maximum Gasteiger partial charge on any atom is 0.319 e. The normalized spacial score (nSPS) is 13.7. The number of carboxylic acids is 1. The molecule has 47 heavy (non-hydrogen) atoms. The van der Waals surface area contributed by atoms with Gasteiger partial charge in [0.25, 0.3) is 5.91 Å². The van der Waals surface area contributed by atoms with Gasteiger partial charge in [-0.3, -0.25) is 14.4 Å². The minimum atomic E-state index is -0.995. The highest BCUT2D eigenvalue weighted by Crippen LogP contribution is 2.32. The van der Waals surface area contributed by atoms with Crippen molar-refractivity contribution < 1.29 is 37.8 Å². The number of carbonyl (C=O) groups excluding carboxylic acids is 3. The summed E-state index contributed by atoms with van der Waals surface area (Å²) in [6.07, 6.45) is 6.30. The van der Waals surface area contributed by atoms with Crippen LogP contribution in [0.15, 0.2) is 66.7 Å². The Bertz CT molecular complexity index is 1560. The molecule has 250 valence electrons. The number of hydrogen-bond donors (Lipinski definition) is 3. The van der Waals surface area contributed by atoms with Crippen molar-refractivity contribution in [3.63, 3.8) is 0 Å². The third-order valence-electron chi connectivity index (χ3n) is 8.36. The van der Waals surface area contributed by atoms with Crippen molar-refractivity contribution in [2.24, 2.45) is 5.92 Å². The molecule has 10 nitrogen and oxygen atoms in total. The summed E-state index contributed by atoms with van der Waals surface area (Å²) in [5, 5.41) is 14.5. The van der Waals surface area contributed by atoms with Crippen LogP contribution in [0.25, 0.3) is 0 Å². The van der Waals surface area contributed by atoms with Crippen molar-refractivity contribution >= 4 is 40.9 Å². The van der Waals surface area contributed by atoms with E-state index < -0.39 is 53.7 Å². The van der Waals surface area contributed by atoms with Gasteiger partial charge in [-0.2, -0.15) is 0 Å². The maximum absolute atomic E-state index is 14.3. The zero-order valence-corrected chi connectivity index (χ0v) is 26.5. The van der Waals surface area contributed by atoms with E-state index in [0.29, 0.717) is 29.4 Å². The molecule has 3 aromatic rings. The molecule has 1 aliphatic rings. The standard InChI is InChI=1S/C35H40F2N4O6/c1-23(34(44)45)25-12-8-13-26(20-25)39-35(46)38-21-31(42)41(19-18-24-10-4-3-5-11-24)29-16-6-7-17-30(29)47-22-32(43)40(2)33-27(36)14-9-15-28(33)37/h6-9,12-17,20,23-24H,3-5,10-11,18-19,21-22H2,1-2H3,(H,44,45)(H2,38,39,46). The molecular formula is C35H40F2N4O6. The highest BCUT2D eigenvalue weighted by molar-refractivity contribution is 6.00. The predicted molar refractivity (Wildman–Crippen MR) is 175 cm³/mol. The Labute approximate surface area is 272 Å². The molecule has 12 heteroatoms. The Morgan fingerprint density at radius 3 is 2.32 bits per heavy atom. The monoisotopic (exact) mass is 650 g/mol. The predicted octanol–water partition coefficient (Wildman–Crippen LogP) is 6.32. The van der Waals surface area contributed by atoms with Gasteiger partial charge in [0, 0.05) is 19.3 Å². The second-order valence-corrected chi connectivity index (χ2v) is 11.6. The molecule has 3 aromatic carbocycles. The van der Waals surface area contributed by atoms with E-state index in [0.717, 1.165) is 49.1 Å². The number of hydrogen-bond acceptors (Lipinski definition) is 5. The van der Waals surface area contributed by atoms with Crippen LogP contribution in [-0.4, -0.2) is 55.7 Å². The van der Waals surface area contributed by atoms with E-state index in [9.17, 15) is 33.1 Å². The molecule has 4 rings (SSSR count). The first kappa shape index (κ1) is 34.9. The van der Waals surface area contributed by atoms with Crippen LogP contribution in [0.3, 0.4) is 0 Å². The van der Waals surface area contributed by atoms with Gasteiger partial charge < -0.3 is 30.3 Å². The summed E-state index contributed by atoms with van der Waals surface area (Å²) in [4.78, 5) is 53.0. The number of halogens is 2. The molecule has 3 N–H and O–H groups in total. The summed E-state index contributed by atoms with van der Waals surface area (Å²) in [6.45, 7) is 0.980. The van der Waals surface area contributed by atoms with Gasteiger partial charge in [0.05, 0.1) is 18.2 Å². The number of carbonyl (C=O) groups is 4. The van der Waals surface area contributed by atoms with Gasteiger partial charge in [0.1, 0.15) is 23.1 Å². The molecule has 1 fully saturated rings. The van der Waals surface area contributed by atoms with Gasteiger partial charge in [0.2, 0.25) is 5.91 Å². The second kappa shape index (κ2) is 16.5. The number of aliphatic carboxylic acids is 1. The molecule has 1 atom stereocenters. The van der Waals surface area contributed by atoms with Gasteiger partial charge in [-0.15, -0.1) is 0 Å². The molecule has 1 aliphatic carbocycles. The van der Waals surface area contributed by atoms with E-state index in [1.54, 1.807) is 55.5 Å². The maximum atomic E-state index is 14.3. The number of likely N-dealkylation sites (N-methyl/N-ethyl adjacent to an activating group) is 1. The molecular weight excluding hydrogens is 610 g/mol. The summed E-state index contributed by atoms with van der Waals surface area (Å²) >= 11 is 0. The molecule has 0 spiro atoms. The topological polar surface area (TPSA) is 128 Å². The summed E-state index contributed by atoms with van der Waals surface area (Å²) in [7, 11) is 1.25. The van der Waals surface area contributed by atoms with Crippen molar-refractivity contribution in [1.29, 1.82) is 0 Å². The van der Waals surface area contributed by atoms with Crippen LogP contribution < -0.4 is 25.2 Å². The quantitative estimate of drug-likeness (QED) is 0.199. The lowest BCUT2D eigenvalue weighted by Gasteiger charge is -2.29. The molecule has 0 bridgehead atoms. The molecule has 4 amide bonds. The minimum absolute atomic E-state index is 0.217. The van der Waals surface area contributed by atoms with Crippen LogP contribution in [0.4, 0.5) is 30.6 Å². The molecule has 0 radical (unpaired) electrons. The van der Waals surface area contributed by atoms with E-state index in [2.05, 4.69) is 10.6 Å². The third-order valence-corrected chi connectivity index (χ3v) is 8.36. The second-order valence-electron chi connectivity index (χ2n) is 11.6. The number of urea groups is 1. The Hall–Kier alpha value is -5.00. The fourth-order valence-electron chi connectivity index (χ4n) is 5.59. The molecule has 0 aliphatic heterocycles. The molecule has 0 aromatic heterocycles. The number of rotatable bonds is 13. The first-order chi connectivity index (χ1) is 22.5. The summed E-state index contributed by atoms with van der Waals surface area (Å²) < 4.78 is 34.4. The highest BCUT2D eigenvalue weighted by Gasteiger charge is 2.25. The van der Waals surface area contributed by atoms with Gasteiger partial charge in [0.15, 0.2) is 6.61 Å². The fourth-order valence-corrected chi connectivity index (χ4v) is 5.59. The van der Waals surface area contributed by atoms with Gasteiger partial charge in [-0.25, -0.2) is 13.6 Å². The van der Waals surface area contributed by atoms with Crippen LogP contribution in [-0.2, 0) is 14.4 Å². The summed E-state index contributed by atoms with van der Waals surface area (Å²) in [5.74, 6) is -4.01. The van der Waals surface area contributed by atoms with Crippen LogP contribution in [0.5, 0.6) is 5.75 Å². The lowest BCUT2D eigenvalue weighted by molar-refractivity contribution is -0.138. The smallest absolute Gasteiger partial charge is 0.319 e. The van der Waals surface area contributed by atoms with Crippen molar-refractivity contribution in [1.82, 2.24) is 5.32 Å². The fraction of sp³-hybridized carbons (Fsp3) is 0.371. The zero-order valence-electron chi connectivity index (χ0n) is 26.5. The van der Waals surface area contributed by atoms with E-state index >= 15 is 0 Å². The van der Waals surface area contributed by atoms with E-state index in [-0.39, 0.29) is 12.3 Å². The van der Waals surface area contributed by atoms with E-state index in [4.69, 9.17) is 4.74 Å². The Morgan fingerprint density at radius 1 is 0.936 bits per heavy atom. The molecule has 1 saturated carbocycles. The molecule has 1 unspecified atom stereocenters. The Morgan fingerprint density at radius 2 is 1.62 bits per heavy atom. The van der Waals surface area contributed by atoms with Crippen LogP contribution in [0.1, 0.15) is 56.9 Å². The number of nitrogens with one attached hydrogen (secondary N) is 2. The van der Waals surface area contributed by atoms with E-state index in [1.807, 2.05) is 0 Å². The average Bonchev–Trinajstić information content (AvgIpc) is 3.06. The number of carboxylic acid groups (broad SMARTS) is 1. The van der Waals surface area contributed by atoms with Crippen LogP contribution >= 0.6 is 0 Å². The Kier molecular flexibility index (Phi) is 12.3. The van der Waals surface area contributed by atoms with Crippen molar-refractivity contribution in [3.05, 3.63) is 83.9 Å². The molecule has 0 heterocycles. The number of amides is 4. The van der Waals surface area contributed by atoms with Crippen molar-refractivity contribution in [2.45, 2.75) is 51.4 Å². The highest BCUT2D eigenvalue weighted by atomic mass is 19.1. The van der Waals surface area contributed by atoms with Gasteiger partial charge in [-0.05, 0) is 61.2 Å². The zero-order chi connectivity index (χ0) is 33.9. The lowest BCUT2D eigenvalue weighted by Crippen LogP contribution is -2.42. The number of nitrogens with zero attached hydrogens (tertiary/aromatic N) is 2. The van der Waals surface area contributed by atoms with Crippen molar-refractivity contribution in [3.8, 4) is 5.75 Å². The van der Waals surface area contributed by atoms with Crippen LogP contribution in [0.2, 0.25) is 0 Å². The number of benzene rings is 3. The Balaban J connectivity index is 1.46. The first-order valence-corrected chi connectivity index (χ1v) is 15.7. The van der Waals surface area contributed by atoms with Gasteiger partial charge >= 0.3 is 12.0 Å². The number of para-hydroxylation sites is 3. The largest absolute Gasteiger partial charge is 0.482 e. The average molecular weight is 651 g/mol. The molecule has 0 saturated heterocycles. The van der Waals surface area contributed by atoms with Crippen molar-refractivity contribution in [2.75, 3.05) is 41.9 Å². The summed E-state index contributed by atoms with van der Waals surface area (Å²) in [6, 6.07) is 15.8. The lowest BCUT2D eigenvalue weighted by atomic mass is 9.87. The summed E-state index contributed by atoms with van der Waals surface area (Å²) in [5.41, 5.74) is 0.781. The minimum Gasteiger partial charge on any atom is -0.482 e. The van der Waals surface area contributed by atoms with Gasteiger partial charge in [-0.1, -0.05) is 62.4 Å². The number of anilines is 3. The first-order valence-electron chi connectivity index (χ1n) is 15.7. The van der Waals surface area contributed by atoms with Crippen LogP contribution in [0, 0.1) is 17.6 Å². The SMILES string of the molecule is CC(C(=O)O)c1cccc(NC(=O)NCC(=O)N(CCC2CCCCC2)c2ccccc2OCC(=O)N(C)c2c(F)cccc2F)c1.